The van der Waals surface area contributed by atoms with Crippen molar-refractivity contribution in [1.29, 1.82) is 0 Å². The smallest absolute Gasteiger partial charge is 0.341 e. The van der Waals surface area contributed by atoms with Crippen molar-refractivity contribution in [3.8, 4) is 5.75 Å². The first-order chi connectivity index (χ1) is 8.04. The molecule has 0 saturated carbocycles. The molecule has 0 aliphatic rings. The average molecular weight is 234 g/mol. The molecule has 0 unspecified atom stereocenters. The molecule has 0 aliphatic carbocycles. The second-order valence-electron chi connectivity index (χ2n) is 3.80. The molecule has 1 aromatic heterocycles. The lowest BCUT2D eigenvalue weighted by Crippen LogP contribution is -2.05. The molecule has 1 heterocycles. The van der Waals surface area contributed by atoms with E-state index in [2.05, 4.69) is 4.98 Å². The Morgan fingerprint density at radius 1 is 1.53 bits per heavy atom. The third kappa shape index (κ3) is 1.84. The minimum atomic E-state index is -0.532. The Kier molecular flexibility index (Phi) is 2.75. The number of hydrogen-bond donors (Lipinski definition) is 1. The average Bonchev–Trinajstić information content (AvgIpc) is 2.55. The zero-order valence-corrected chi connectivity index (χ0v) is 10.0. The molecular weight excluding hydrogens is 220 g/mol. The number of ether oxygens (including phenoxy) is 1. The molecule has 0 atom stereocenters. The number of rotatable bonds is 2. The van der Waals surface area contributed by atoms with E-state index >= 15 is 0 Å². The summed E-state index contributed by atoms with van der Waals surface area (Å²) >= 11 is 0. The van der Waals surface area contributed by atoms with Gasteiger partial charge < -0.3 is 14.4 Å². The fraction of sp³-hybridized carbons (Fsp3) is 0.333. The number of aryl methyl sites for hydroxylation is 2. The molecule has 2 aromatic rings. The summed E-state index contributed by atoms with van der Waals surface area (Å²) in [5, 5.41) is 9.80. The van der Waals surface area contributed by atoms with Crippen LogP contribution in [0.2, 0.25) is 0 Å². The Labute approximate surface area is 98.6 Å². The van der Waals surface area contributed by atoms with Gasteiger partial charge in [0.2, 0.25) is 0 Å². The molecule has 1 aromatic carbocycles. The zero-order valence-electron chi connectivity index (χ0n) is 10.0. The summed E-state index contributed by atoms with van der Waals surface area (Å²) in [6, 6.07) is 3.08. The van der Waals surface area contributed by atoms with E-state index in [4.69, 9.17) is 4.74 Å². The summed E-state index contributed by atoms with van der Waals surface area (Å²) in [5.41, 5.74) is 1.61. The molecule has 2 rings (SSSR count). The molecule has 5 nitrogen and oxygen atoms in total. The number of carbonyl (C=O) groups is 1. The Morgan fingerprint density at radius 2 is 2.24 bits per heavy atom. The summed E-state index contributed by atoms with van der Waals surface area (Å²) in [5.74, 6) is 0.203. The number of phenols is 1. The molecule has 0 fully saturated rings. The first-order valence-corrected chi connectivity index (χ1v) is 5.37. The minimum Gasteiger partial charge on any atom is -0.507 e. The molecule has 1 N–H and O–H groups in total. The maximum atomic E-state index is 11.6. The first kappa shape index (κ1) is 11.4. The maximum Gasteiger partial charge on any atom is 0.341 e. The van der Waals surface area contributed by atoms with Crippen molar-refractivity contribution in [2.45, 2.75) is 13.8 Å². The van der Waals surface area contributed by atoms with E-state index in [1.54, 1.807) is 13.0 Å². The molecule has 0 amide bonds. The van der Waals surface area contributed by atoms with Crippen LogP contribution in [0.1, 0.15) is 23.1 Å². The second-order valence-corrected chi connectivity index (χ2v) is 3.80. The lowest BCUT2D eigenvalue weighted by molar-refractivity contribution is 0.0523. The Morgan fingerprint density at radius 3 is 2.88 bits per heavy atom. The number of nitrogens with zero attached hydrogens (tertiary/aromatic N) is 2. The van der Waals surface area contributed by atoms with E-state index in [9.17, 15) is 9.90 Å². The quantitative estimate of drug-likeness (QED) is 0.804. The number of fused-ring (bicyclic) bond motifs is 1. The van der Waals surface area contributed by atoms with Gasteiger partial charge in [-0.25, -0.2) is 9.78 Å². The Bertz CT molecular complexity index is 587. The lowest BCUT2D eigenvalue weighted by atomic mass is 10.2. The van der Waals surface area contributed by atoms with Crippen molar-refractivity contribution < 1.29 is 14.6 Å². The maximum absolute atomic E-state index is 11.6. The topological polar surface area (TPSA) is 64.3 Å². The minimum absolute atomic E-state index is 0.0843. The van der Waals surface area contributed by atoms with Crippen LogP contribution in [0.5, 0.6) is 5.75 Å². The van der Waals surface area contributed by atoms with Crippen LogP contribution in [0, 0.1) is 6.92 Å². The van der Waals surface area contributed by atoms with Crippen LogP contribution in [0.3, 0.4) is 0 Å². The first-order valence-electron chi connectivity index (χ1n) is 5.37. The summed E-state index contributed by atoms with van der Waals surface area (Å²) in [4.78, 5) is 15.9. The molecule has 5 heteroatoms. The molecule has 90 valence electrons. The van der Waals surface area contributed by atoms with Gasteiger partial charge >= 0.3 is 5.97 Å². The van der Waals surface area contributed by atoms with Crippen molar-refractivity contribution in [2.75, 3.05) is 6.61 Å². The van der Waals surface area contributed by atoms with Crippen molar-refractivity contribution in [3.63, 3.8) is 0 Å². The number of imidazole rings is 1. The van der Waals surface area contributed by atoms with E-state index < -0.39 is 5.97 Å². The molecule has 0 spiro atoms. The zero-order chi connectivity index (χ0) is 12.6. The standard InChI is InChI=1S/C12H14N2O3/c1-4-17-12(16)8-5-9-10(6-11(8)15)14(3)7(2)13-9/h5-6,15H,4H2,1-3H3. The molecule has 0 radical (unpaired) electrons. The molecule has 17 heavy (non-hydrogen) atoms. The van der Waals surface area contributed by atoms with E-state index in [0.717, 1.165) is 11.3 Å². The van der Waals surface area contributed by atoms with Gasteiger partial charge in [-0.05, 0) is 19.9 Å². The number of aromatic hydroxyl groups is 1. The normalized spacial score (nSPS) is 10.8. The highest BCUT2D eigenvalue weighted by atomic mass is 16.5. The number of aromatic nitrogens is 2. The lowest BCUT2D eigenvalue weighted by Gasteiger charge is -2.04. The van der Waals surface area contributed by atoms with E-state index in [-0.39, 0.29) is 17.9 Å². The third-order valence-electron chi connectivity index (χ3n) is 2.72. The SMILES string of the molecule is CCOC(=O)c1cc2nc(C)n(C)c2cc1O. The fourth-order valence-corrected chi connectivity index (χ4v) is 1.72. The van der Waals surface area contributed by atoms with Crippen LogP contribution in [0.25, 0.3) is 11.0 Å². The molecule has 0 aliphatic heterocycles. The highest BCUT2D eigenvalue weighted by molar-refractivity contribution is 5.97. The number of esters is 1. The van der Waals surface area contributed by atoms with Gasteiger partial charge in [-0.1, -0.05) is 0 Å². The highest BCUT2D eigenvalue weighted by Crippen LogP contribution is 2.25. The van der Waals surface area contributed by atoms with Gasteiger partial charge in [0.05, 0.1) is 17.6 Å². The van der Waals surface area contributed by atoms with Crippen LogP contribution in [-0.4, -0.2) is 27.2 Å². The monoisotopic (exact) mass is 234 g/mol. The molecular formula is C12H14N2O3. The largest absolute Gasteiger partial charge is 0.507 e. The van der Waals surface area contributed by atoms with Gasteiger partial charge in [0.1, 0.15) is 17.1 Å². The van der Waals surface area contributed by atoms with Crippen molar-refractivity contribution in [2.24, 2.45) is 7.05 Å². The summed E-state index contributed by atoms with van der Waals surface area (Å²) in [6.45, 7) is 3.86. The number of benzene rings is 1. The van der Waals surface area contributed by atoms with Crippen LogP contribution < -0.4 is 0 Å². The summed E-state index contributed by atoms with van der Waals surface area (Å²) in [6.07, 6.45) is 0. The highest BCUT2D eigenvalue weighted by Gasteiger charge is 2.16. The predicted octanol–water partition coefficient (Wildman–Crippen LogP) is 1.76. The molecule has 0 bridgehead atoms. The Hall–Kier alpha value is -2.04. The van der Waals surface area contributed by atoms with Gasteiger partial charge in [-0.15, -0.1) is 0 Å². The third-order valence-corrected chi connectivity index (χ3v) is 2.72. The number of phenolic OH excluding ortho intramolecular Hbond substituents is 1. The van der Waals surface area contributed by atoms with Crippen LogP contribution in [0.15, 0.2) is 12.1 Å². The van der Waals surface area contributed by atoms with Crippen molar-refractivity contribution in [3.05, 3.63) is 23.5 Å². The summed E-state index contributed by atoms with van der Waals surface area (Å²) in [7, 11) is 1.86. The van der Waals surface area contributed by atoms with Gasteiger partial charge in [-0.3, -0.25) is 0 Å². The van der Waals surface area contributed by atoms with Crippen molar-refractivity contribution in [1.82, 2.24) is 9.55 Å². The number of hydrogen-bond acceptors (Lipinski definition) is 4. The second kappa shape index (κ2) is 4.08. The predicted molar refractivity (Wildman–Crippen MR) is 63.1 cm³/mol. The van der Waals surface area contributed by atoms with Gasteiger partial charge in [0.15, 0.2) is 0 Å². The van der Waals surface area contributed by atoms with E-state index in [1.165, 1.54) is 6.07 Å². The van der Waals surface area contributed by atoms with E-state index in [0.29, 0.717) is 5.52 Å². The van der Waals surface area contributed by atoms with Gasteiger partial charge in [0.25, 0.3) is 0 Å². The van der Waals surface area contributed by atoms with E-state index in [1.807, 2.05) is 18.5 Å². The van der Waals surface area contributed by atoms with Crippen molar-refractivity contribution >= 4 is 17.0 Å². The fourth-order valence-electron chi connectivity index (χ4n) is 1.72. The molecule has 0 saturated heterocycles. The van der Waals surface area contributed by atoms with Gasteiger partial charge in [-0.2, -0.15) is 0 Å². The Balaban J connectivity index is 2.59. The van der Waals surface area contributed by atoms with Crippen LogP contribution in [-0.2, 0) is 11.8 Å². The summed E-state index contributed by atoms with van der Waals surface area (Å²) < 4.78 is 6.71. The van der Waals surface area contributed by atoms with Crippen LogP contribution in [0.4, 0.5) is 0 Å². The van der Waals surface area contributed by atoms with Gasteiger partial charge in [0, 0.05) is 13.1 Å². The van der Waals surface area contributed by atoms with Crippen LogP contribution >= 0.6 is 0 Å². The number of carbonyl (C=O) groups excluding carboxylic acids is 1.